The number of benzene rings is 1. The lowest BCUT2D eigenvalue weighted by Crippen LogP contribution is -1.98. The zero-order valence-electron chi connectivity index (χ0n) is 9.89. The molecule has 1 heterocycles. The minimum Gasteiger partial charge on any atom is -0.481 e. The normalized spacial score (nSPS) is 10.2. The SMILES string of the molecule is COc1cccc(Oc2ccc(CN)cc2F)n1. The molecule has 0 aliphatic rings. The maximum Gasteiger partial charge on any atom is 0.222 e. The zero-order valence-corrected chi connectivity index (χ0v) is 9.89. The molecule has 0 radical (unpaired) electrons. The molecule has 94 valence electrons. The van der Waals surface area contributed by atoms with Crippen LogP contribution >= 0.6 is 0 Å². The van der Waals surface area contributed by atoms with Gasteiger partial charge in [0.25, 0.3) is 0 Å². The summed E-state index contributed by atoms with van der Waals surface area (Å²) in [6.45, 7) is 0.286. The van der Waals surface area contributed by atoms with E-state index in [2.05, 4.69) is 4.98 Å². The summed E-state index contributed by atoms with van der Waals surface area (Å²) in [5.41, 5.74) is 6.13. The summed E-state index contributed by atoms with van der Waals surface area (Å²) in [6.07, 6.45) is 0. The van der Waals surface area contributed by atoms with Gasteiger partial charge in [0.2, 0.25) is 11.8 Å². The zero-order chi connectivity index (χ0) is 13.0. The van der Waals surface area contributed by atoms with Crippen molar-refractivity contribution in [2.75, 3.05) is 7.11 Å². The Morgan fingerprint density at radius 1 is 1.22 bits per heavy atom. The molecule has 2 rings (SSSR count). The first-order chi connectivity index (χ1) is 8.72. The summed E-state index contributed by atoms with van der Waals surface area (Å²) in [7, 11) is 1.50. The van der Waals surface area contributed by atoms with Crippen LogP contribution in [0.25, 0.3) is 0 Å². The van der Waals surface area contributed by atoms with Gasteiger partial charge >= 0.3 is 0 Å². The summed E-state index contributed by atoms with van der Waals surface area (Å²) in [4.78, 5) is 4.03. The lowest BCUT2D eigenvalue weighted by Gasteiger charge is -2.07. The molecule has 0 atom stereocenters. The second-order valence-corrected chi connectivity index (χ2v) is 3.59. The molecule has 0 saturated heterocycles. The predicted molar refractivity (Wildman–Crippen MR) is 65.2 cm³/mol. The fraction of sp³-hybridized carbons (Fsp3) is 0.154. The molecule has 0 aliphatic heterocycles. The van der Waals surface area contributed by atoms with Gasteiger partial charge in [0.05, 0.1) is 7.11 Å². The highest BCUT2D eigenvalue weighted by molar-refractivity contribution is 5.33. The van der Waals surface area contributed by atoms with Crippen molar-refractivity contribution in [2.45, 2.75) is 6.54 Å². The highest BCUT2D eigenvalue weighted by Crippen LogP contribution is 2.24. The monoisotopic (exact) mass is 248 g/mol. The fourth-order valence-corrected chi connectivity index (χ4v) is 1.43. The van der Waals surface area contributed by atoms with Crippen molar-refractivity contribution in [3.63, 3.8) is 0 Å². The van der Waals surface area contributed by atoms with Gasteiger partial charge in [0.1, 0.15) is 0 Å². The topological polar surface area (TPSA) is 57.4 Å². The van der Waals surface area contributed by atoms with E-state index in [4.69, 9.17) is 15.2 Å². The highest BCUT2D eigenvalue weighted by Gasteiger charge is 2.07. The largest absolute Gasteiger partial charge is 0.481 e. The standard InChI is InChI=1S/C13H13FN2O2/c1-17-12-3-2-4-13(16-12)18-11-6-5-9(8-15)7-10(11)14/h2-7H,8,15H2,1H3. The first-order valence-corrected chi connectivity index (χ1v) is 5.40. The smallest absolute Gasteiger partial charge is 0.222 e. The number of hydrogen-bond donors (Lipinski definition) is 1. The number of aromatic nitrogens is 1. The van der Waals surface area contributed by atoms with E-state index in [0.717, 1.165) is 0 Å². The summed E-state index contributed by atoms with van der Waals surface area (Å²) in [5.74, 6) is 0.316. The van der Waals surface area contributed by atoms with Crippen LogP contribution in [0, 0.1) is 5.82 Å². The molecule has 0 spiro atoms. The third kappa shape index (κ3) is 2.75. The summed E-state index contributed by atoms with van der Waals surface area (Å²) < 4.78 is 24.0. The van der Waals surface area contributed by atoms with Crippen LogP contribution in [0.1, 0.15) is 5.56 Å². The van der Waals surface area contributed by atoms with E-state index in [1.165, 1.54) is 19.2 Å². The number of hydrogen-bond acceptors (Lipinski definition) is 4. The lowest BCUT2D eigenvalue weighted by molar-refractivity contribution is 0.378. The molecular weight excluding hydrogens is 235 g/mol. The molecule has 1 aromatic heterocycles. The van der Waals surface area contributed by atoms with Gasteiger partial charge in [-0.05, 0) is 17.7 Å². The quantitative estimate of drug-likeness (QED) is 0.903. The summed E-state index contributed by atoms with van der Waals surface area (Å²) >= 11 is 0. The molecule has 0 fully saturated rings. The average molecular weight is 248 g/mol. The van der Waals surface area contributed by atoms with Crippen LogP contribution in [0.3, 0.4) is 0 Å². The Morgan fingerprint density at radius 3 is 2.67 bits per heavy atom. The Bertz CT molecular complexity index is 546. The molecular formula is C13H13FN2O2. The van der Waals surface area contributed by atoms with E-state index >= 15 is 0 Å². The van der Waals surface area contributed by atoms with Gasteiger partial charge in [-0.1, -0.05) is 12.1 Å². The van der Waals surface area contributed by atoms with Crippen molar-refractivity contribution < 1.29 is 13.9 Å². The van der Waals surface area contributed by atoms with Crippen LogP contribution in [0.2, 0.25) is 0 Å². The summed E-state index contributed by atoms with van der Waals surface area (Å²) in [5, 5.41) is 0. The van der Waals surface area contributed by atoms with Gasteiger partial charge in [-0.25, -0.2) is 4.39 Å². The van der Waals surface area contributed by atoms with E-state index in [-0.39, 0.29) is 18.2 Å². The van der Waals surface area contributed by atoms with Crippen molar-refractivity contribution in [2.24, 2.45) is 5.73 Å². The molecule has 0 aliphatic carbocycles. The van der Waals surface area contributed by atoms with Crippen molar-refractivity contribution in [1.29, 1.82) is 0 Å². The number of halogens is 1. The Kier molecular flexibility index (Phi) is 3.74. The van der Waals surface area contributed by atoms with Gasteiger partial charge in [-0.3, -0.25) is 0 Å². The fourth-order valence-electron chi connectivity index (χ4n) is 1.43. The van der Waals surface area contributed by atoms with Crippen LogP contribution in [0.4, 0.5) is 4.39 Å². The molecule has 0 unspecified atom stereocenters. The van der Waals surface area contributed by atoms with Crippen LogP contribution in [0.5, 0.6) is 17.5 Å². The first kappa shape index (κ1) is 12.3. The van der Waals surface area contributed by atoms with E-state index in [0.29, 0.717) is 11.4 Å². The van der Waals surface area contributed by atoms with Crippen molar-refractivity contribution in [1.82, 2.24) is 4.98 Å². The maximum absolute atomic E-state index is 13.7. The second-order valence-electron chi connectivity index (χ2n) is 3.59. The molecule has 5 heteroatoms. The van der Waals surface area contributed by atoms with Crippen molar-refractivity contribution in [3.8, 4) is 17.5 Å². The highest BCUT2D eigenvalue weighted by atomic mass is 19.1. The minimum atomic E-state index is -0.470. The molecule has 18 heavy (non-hydrogen) atoms. The molecule has 2 aromatic rings. The van der Waals surface area contributed by atoms with Crippen molar-refractivity contribution >= 4 is 0 Å². The first-order valence-electron chi connectivity index (χ1n) is 5.40. The van der Waals surface area contributed by atoms with Crippen LogP contribution in [-0.2, 0) is 6.54 Å². The molecule has 2 N–H and O–H groups in total. The van der Waals surface area contributed by atoms with Gasteiger partial charge in [-0.15, -0.1) is 0 Å². The molecule has 4 nitrogen and oxygen atoms in total. The Labute approximate surface area is 104 Å². The number of ether oxygens (including phenoxy) is 2. The predicted octanol–water partition coefficient (Wildman–Crippen LogP) is 2.48. The molecule has 0 bridgehead atoms. The number of nitrogens with zero attached hydrogens (tertiary/aromatic N) is 1. The van der Waals surface area contributed by atoms with Gasteiger partial charge in [0, 0.05) is 18.7 Å². The van der Waals surface area contributed by atoms with Gasteiger partial charge in [0.15, 0.2) is 11.6 Å². The number of nitrogens with two attached hydrogens (primary N) is 1. The molecule has 0 saturated carbocycles. The third-order valence-corrected chi connectivity index (χ3v) is 2.35. The van der Waals surface area contributed by atoms with E-state index in [9.17, 15) is 4.39 Å². The van der Waals surface area contributed by atoms with E-state index in [1.807, 2.05) is 0 Å². The average Bonchev–Trinajstić information content (AvgIpc) is 2.41. The maximum atomic E-state index is 13.7. The number of pyridine rings is 1. The number of methoxy groups -OCH3 is 1. The van der Waals surface area contributed by atoms with Crippen LogP contribution in [0.15, 0.2) is 36.4 Å². The van der Waals surface area contributed by atoms with E-state index < -0.39 is 5.82 Å². The molecule has 1 aromatic carbocycles. The van der Waals surface area contributed by atoms with Gasteiger partial charge < -0.3 is 15.2 Å². The minimum absolute atomic E-state index is 0.105. The Balaban J connectivity index is 2.22. The lowest BCUT2D eigenvalue weighted by atomic mass is 10.2. The van der Waals surface area contributed by atoms with Crippen LogP contribution in [-0.4, -0.2) is 12.1 Å². The Morgan fingerprint density at radius 2 is 2.00 bits per heavy atom. The molecule has 0 amide bonds. The summed E-state index contributed by atoms with van der Waals surface area (Å²) in [6, 6.07) is 9.60. The van der Waals surface area contributed by atoms with Crippen molar-refractivity contribution in [3.05, 3.63) is 47.8 Å². The second kappa shape index (κ2) is 5.46. The van der Waals surface area contributed by atoms with Gasteiger partial charge in [-0.2, -0.15) is 4.98 Å². The van der Waals surface area contributed by atoms with E-state index in [1.54, 1.807) is 24.3 Å². The number of rotatable bonds is 4. The Hall–Kier alpha value is -2.14. The third-order valence-electron chi connectivity index (χ3n) is 2.35. The van der Waals surface area contributed by atoms with Crippen LogP contribution < -0.4 is 15.2 Å².